The molecule has 0 radical (unpaired) electrons. The van der Waals surface area contributed by atoms with Crippen LogP contribution in [0.2, 0.25) is 31.4 Å². The monoisotopic (exact) mass is 852 g/mol. The van der Waals surface area contributed by atoms with Gasteiger partial charge in [0, 0.05) is 0 Å². The maximum absolute atomic E-state index is 12.3. The zero-order valence-electron chi connectivity index (χ0n) is 35.0. The fourth-order valence-corrected chi connectivity index (χ4v) is 22.8. The molecule has 1 N–H and O–H groups in total. The Kier molecular flexibility index (Phi) is 18.2. The van der Waals surface area contributed by atoms with Crippen molar-refractivity contribution in [2.45, 2.75) is 136 Å². The molecule has 3 atom stereocenters. The van der Waals surface area contributed by atoms with Crippen LogP contribution in [0, 0.1) is 5.92 Å². The summed E-state index contributed by atoms with van der Waals surface area (Å²) in [7, 11) is 1.10. The quantitative estimate of drug-likeness (QED) is 0.0761. The number of unbranched alkanes of at least 4 members (excludes halogenated alkanes) is 3. The number of ether oxygens (including phenoxy) is 3. The van der Waals surface area contributed by atoms with Gasteiger partial charge in [-0.05, 0) is 0 Å². The first-order chi connectivity index (χ1) is 25.2. The van der Waals surface area contributed by atoms with Gasteiger partial charge in [0.2, 0.25) is 0 Å². The van der Waals surface area contributed by atoms with Gasteiger partial charge in [-0.1, -0.05) is 0 Å². The van der Waals surface area contributed by atoms with Gasteiger partial charge < -0.3 is 9.47 Å². The van der Waals surface area contributed by atoms with E-state index in [-0.39, 0.29) is 11.0 Å². The van der Waals surface area contributed by atoms with Gasteiger partial charge in [0.25, 0.3) is 0 Å². The number of aliphatic hydroxyl groups excluding tert-OH is 1. The molecule has 294 valence electrons. The van der Waals surface area contributed by atoms with Crippen LogP contribution in [0.15, 0.2) is 89.0 Å². The summed E-state index contributed by atoms with van der Waals surface area (Å²) in [6.07, 6.45) is 8.59. The van der Waals surface area contributed by atoms with Crippen molar-refractivity contribution in [1.82, 2.24) is 0 Å². The molecule has 0 amide bonds. The molecular weight excluding hydrogens is 779 g/mol. The van der Waals surface area contributed by atoms with Gasteiger partial charge in [0.15, 0.2) is 0 Å². The van der Waals surface area contributed by atoms with Crippen LogP contribution in [0.3, 0.4) is 0 Å². The molecule has 53 heavy (non-hydrogen) atoms. The molecule has 0 saturated heterocycles. The second kappa shape index (κ2) is 21.3. The molecule has 0 unspecified atom stereocenters. The van der Waals surface area contributed by atoms with Crippen molar-refractivity contribution in [2.75, 3.05) is 20.8 Å². The molecule has 3 aromatic rings. The zero-order chi connectivity index (χ0) is 39.1. The second-order valence-electron chi connectivity index (χ2n) is 16.7. The summed E-state index contributed by atoms with van der Waals surface area (Å²) in [5.41, 5.74) is 2.06. The van der Waals surface area contributed by atoms with Crippen molar-refractivity contribution >= 4 is 26.7 Å². The van der Waals surface area contributed by atoms with Gasteiger partial charge in [0.1, 0.15) is 0 Å². The summed E-state index contributed by atoms with van der Waals surface area (Å²) < 4.78 is 32.4. The Labute approximate surface area is 328 Å². The minimum atomic E-state index is -2.66. The Morgan fingerprint density at radius 3 is 1.53 bits per heavy atom. The number of rotatable bonds is 23. The molecule has 0 bridgehead atoms. The van der Waals surface area contributed by atoms with Gasteiger partial charge in [-0.2, -0.15) is 0 Å². The van der Waals surface area contributed by atoms with Crippen molar-refractivity contribution in [3.63, 3.8) is 0 Å². The maximum atomic E-state index is 12.3. The Hall–Kier alpha value is -2.10. The van der Waals surface area contributed by atoms with Crippen LogP contribution in [-0.4, -0.2) is 64.8 Å². The topological polar surface area (TPSA) is 57.2 Å². The molecular formula is C46H72O5SiSn. The molecule has 3 aromatic carbocycles. The number of aliphatic hydroxyl groups is 1. The summed E-state index contributed by atoms with van der Waals surface area (Å²) in [5.74, 6) is 1.46. The third kappa shape index (κ3) is 12.2. The molecule has 0 aliphatic heterocycles. The van der Waals surface area contributed by atoms with Crippen LogP contribution < -0.4 is 9.47 Å². The Balaban J connectivity index is 2.14. The minimum absolute atomic E-state index is 0.0123. The van der Waals surface area contributed by atoms with E-state index < -0.39 is 44.5 Å². The predicted octanol–water partition coefficient (Wildman–Crippen LogP) is 12.3. The number of hydrogen-bond donors (Lipinski definition) is 1. The van der Waals surface area contributed by atoms with Crippen LogP contribution in [0.25, 0.3) is 0 Å². The fraction of sp³-hybridized carbons (Fsp3) is 0.565. The van der Waals surface area contributed by atoms with Crippen molar-refractivity contribution in [2.24, 2.45) is 5.92 Å². The average Bonchev–Trinajstić information content (AvgIpc) is 3.16. The number of benzene rings is 3. The van der Waals surface area contributed by atoms with Crippen molar-refractivity contribution in [3.05, 3.63) is 106 Å². The van der Waals surface area contributed by atoms with E-state index in [9.17, 15) is 5.11 Å². The fourth-order valence-electron chi connectivity index (χ4n) is 7.09. The summed E-state index contributed by atoms with van der Waals surface area (Å²) in [4.78, 5) is 0. The SMILES string of the molecule is CCC[CH2][Sn](/[CH]=C/[C@H](O)[C@H](O[Si](C)(C)C(C)(C)C)[C@@H](C)COC(c1ccccc1)(c1ccc(OC)cc1)c1ccc(OC)cc1)([CH2]CCC)[CH2]CCC. The third-order valence-corrected chi connectivity index (χ3v) is 30.2. The number of hydrogen-bond acceptors (Lipinski definition) is 5. The molecule has 5 nitrogen and oxygen atoms in total. The van der Waals surface area contributed by atoms with Crippen LogP contribution in [-0.2, 0) is 14.8 Å². The summed E-state index contributed by atoms with van der Waals surface area (Å²) >= 11 is -2.66. The first kappa shape index (κ1) is 45.3. The van der Waals surface area contributed by atoms with Gasteiger partial charge in [-0.25, -0.2) is 0 Å². The summed E-state index contributed by atoms with van der Waals surface area (Å²) in [6, 6.07) is 26.8. The standard InChI is InChI=1S/C34H45O5Si.3C4H9.Sn/c1-10-31(35)32(39-40(8,9)33(3,4)5)25(2)24-38-34(26-14-12-11-13-15-26,27-16-20-29(36-6)21-17-27)28-18-22-30(37-7)23-19-28;3*1-3-4-2;/h1,10-23,25,31-32,35H,24H2,2-9H3;3*1,3-4H2,2H3;/t25-,31-,32+;;;;/m0..../s1. The molecule has 3 rings (SSSR count). The third-order valence-electron chi connectivity index (χ3n) is 11.6. The van der Waals surface area contributed by atoms with Gasteiger partial charge in [-0.15, -0.1) is 0 Å². The first-order valence-electron chi connectivity index (χ1n) is 20.3. The van der Waals surface area contributed by atoms with Crippen LogP contribution in [0.1, 0.15) is 104 Å². The van der Waals surface area contributed by atoms with Gasteiger partial charge in [0.05, 0.1) is 14.2 Å². The van der Waals surface area contributed by atoms with Gasteiger partial charge in [-0.3, -0.25) is 0 Å². The van der Waals surface area contributed by atoms with E-state index in [1.54, 1.807) is 14.2 Å². The Morgan fingerprint density at radius 1 is 0.698 bits per heavy atom. The molecule has 0 aromatic heterocycles. The molecule has 0 aliphatic rings. The van der Waals surface area contributed by atoms with Crippen molar-refractivity contribution in [3.8, 4) is 11.5 Å². The van der Waals surface area contributed by atoms with E-state index >= 15 is 0 Å². The second-order valence-corrected chi connectivity index (χ2v) is 34.4. The molecule has 0 saturated carbocycles. The first-order valence-corrected chi connectivity index (χ1v) is 30.9. The molecule has 0 fully saturated rings. The normalized spacial score (nSPS) is 14.6. The van der Waals surface area contributed by atoms with Crippen LogP contribution in [0.4, 0.5) is 0 Å². The molecule has 0 heterocycles. The van der Waals surface area contributed by atoms with E-state index in [0.29, 0.717) is 6.61 Å². The van der Waals surface area contributed by atoms with E-state index in [1.165, 1.54) is 51.8 Å². The van der Waals surface area contributed by atoms with Crippen molar-refractivity contribution < 1.29 is 23.7 Å². The molecule has 0 aliphatic carbocycles. The van der Waals surface area contributed by atoms with Gasteiger partial charge >= 0.3 is 307 Å². The zero-order valence-corrected chi connectivity index (χ0v) is 38.9. The average molecular weight is 852 g/mol. The molecule has 0 spiro atoms. The summed E-state index contributed by atoms with van der Waals surface area (Å²) in [6.45, 7) is 20.9. The Morgan fingerprint density at radius 2 is 1.13 bits per heavy atom. The Bertz CT molecular complexity index is 1410. The molecule has 7 heteroatoms. The van der Waals surface area contributed by atoms with E-state index in [0.717, 1.165) is 28.2 Å². The van der Waals surface area contributed by atoms with E-state index in [2.05, 4.69) is 120 Å². The predicted molar refractivity (Wildman–Crippen MR) is 230 cm³/mol. The number of methoxy groups -OCH3 is 2. The van der Waals surface area contributed by atoms with E-state index in [1.807, 2.05) is 30.3 Å². The van der Waals surface area contributed by atoms with Crippen molar-refractivity contribution in [1.29, 1.82) is 0 Å². The van der Waals surface area contributed by atoms with E-state index in [4.69, 9.17) is 18.6 Å². The van der Waals surface area contributed by atoms with Crippen LogP contribution in [0.5, 0.6) is 11.5 Å². The summed E-state index contributed by atoms with van der Waals surface area (Å²) in [5, 5.41) is 12.3. The van der Waals surface area contributed by atoms with Crippen LogP contribution >= 0.6 is 0 Å².